The molecule has 0 aliphatic carbocycles. The van der Waals surface area contributed by atoms with E-state index in [0.29, 0.717) is 6.10 Å². The standard InChI is InChI=1S/C13H12.C12H16N2O3.C11H14ClNOS.2C2H6.2C2H2/c1-3-7-12(8-4-1)11-13-9-5-2-6-10-13;1-3-9-6-4-5-7-10(9)14-11(15)8-13-12(16)17-2;12-9-1-3-11(4-2-9)15-8-10-7-13-5-6-14-10;4*1-2/h1-10H,11H2;4-7H,3,8H2,1-2H3,(H,13,16)(H,14,15);1-4,10,13H,5-8H2;2*1-2H3;2*1-2H/t;;10-;;;;/m..0..../s1. The summed E-state index contributed by atoms with van der Waals surface area (Å²) < 4.78 is 9.98. The molecule has 9 heteroatoms. The SMILES string of the molecule is C#C.C#C.CC.CC.CCc1ccccc1NC(=O)CNC(=O)OC.Clc1ccc(SC[C@@H]2CNCCO2)cc1.c1ccc(Cc2ccccc2)cc1. The molecule has 0 bridgehead atoms. The summed E-state index contributed by atoms with van der Waals surface area (Å²) in [7, 11) is 1.25. The number of rotatable bonds is 9. The Balaban J connectivity index is 0. The molecule has 286 valence electrons. The second-order valence-corrected chi connectivity index (χ2v) is 11.5. The molecule has 1 heterocycles. The van der Waals surface area contributed by atoms with Crippen molar-refractivity contribution in [3.8, 4) is 25.7 Å². The van der Waals surface area contributed by atoms with E-state index >= 15 is 0 Å². The summed E-state index contributed by atoms with van der Waals surface area (Å²) >= 11 is 7.63. The van der Waals surface area contributed by atoms with E-state index in [9.17, 15) is 9.59 Å². The van der Waals surface area contributed by atoms with Gasteiger partial charge in [0.1, 0.15) is 6.54 Å². The van der Waals surface area contributed by atoms with Crippen molar-refractivity contribution in [1.29, 1.82) is 0 Å². The summed E-state index contributed by atoms with van der Waals surface area (Å²) in [4.78, 5) is 23.5. The van der Waals surface area contributed by atoms with Gasteiger partial charge < -0.3 is 25.4 Å². The summed E-state index contributed by atoms with van der Waals surface area (Å²) in [6.45, 7) is 12.7. The molecule has 4 aromatic carbocycles. The van der Waals surface area contributed by atoms with Gasteiger partial charge in [0.2, 0.25) is 5.91 Å². The zero-order valence-corrected chi connectivity index (χ0v) is 33.7. The van der Waals surface area contributed by atoms with Gasteiger partial charge in [-0.05, 0) is 59.9 Å². The molecule has 1 aliphatic heterocycles. The third-order valence-electron chi connectivity index (χ3n) is 6.60. The second-order valence-electron chi connectivity index (χ2n) is 10.0. The molecule has 0 saturated carbocycles. The topological polar surface area (TPSA) is 88.7 Å². The lowest BCUT2D eigenvalue weighted by molar-refractivity contribution is -0.115. The lowest BCUT2D eigenvalue weighted by Gasteiger charge is -2.23. The predicted molar refractivity (Wildman–Crippen MR) is 228 cm³/mol. The van der Waals surface area contributed by atoms with Gasteiger partial charge in [0.15, 0.2) is 0 Å². The molecule has 1 fully saturated rings. The van der Waals surface area contributed by atoms with Gasteiger partial charge in [0, 0.05) is 34.4 Å². The van der Waals surface area contributed by atoms with E-state index in [1.807, 2.05) is 94.9 Å². The smallest absolute Gasteiger partial charge is 0.407 e. The Morgan fingerprint density at radius 1 is 0.830 bits per heavy atom. The van der Waals surface area contributed by atoms with Crippen molar-refractivity contribution in [1.82, 2.24) is 10.6 Å². The third-order valence-corrected chi connectivity index (χ3v) is 7.99. The highest BCUT2D eigenvalue weighted by Crippen LogP contribution is 2.22. The molecular weight excluding hydrogens is 702 g/mol. The largest absolute Gasteiger partial charge is 0.453 e. The van der Waals surface area contributed by atoms with Crippen LogP contribution < -0.4 is 16.0 Å². The molecule has 2 amide bonds. The van der Waals surface area contributed by atoms with Gasteiger partial charge in [0.25, 0.3) is 0 Å². The number of thioether (sulfide) groups is 1. The highest BCUT2D eigenvalue weighted by Gasteiger charge is 2.13. The number of hydrogen-bond donors (Lipinski definition) is 3. The first kappa shape index (κ1) is 50.4. The highest BCUT2D eigenvalue weighted by molar-refractivity contribution is 7.99. The van der Waals surface area contributed by atoms with Crippen molar-refractivity contribution in [2.75, 3.05) is 44.4 Å². The molecule has 5 rings (SSSR count). The van der Waals surface area contributed by atoms with Gasteiger partial charge in [0.05, 0.1) is 19.8 Å². The first-order valence-corrected chi connectivity index (χ1v) is 19.0. The molecule has 1 atom stereocenters. The van der Waals surface area contributed by atoms with Crippen LogP contribution >= 0.6 is 23.4 Å². The molecule has 1 saturated heterocycles. The average molecular weight is 760 g/mol. The normalized spacial score (nSPS) is 11.9. The molecule has 3 N–H and O–H groups in total. The summed E-state index contributed by atoms with van der Waals surface area (Å²) in [5.41, 5.74) is 4.56. The Bertz CT molecular complexity index is 1450. The summed E-state index contributed by atoms with van der Waals surface area (Å²) in [5.74, 6) is 0.713. The molecule has 1 aliphatic rings. The minimum atomic E-state index is -0.621. The number of benzene rings is 4. The van der Waals surface area contributed by atoms with Crippen molar-refractivity contribution in [2.45, 2.75) is 58.5 Å². The highest BCUT2D eigenvalue weighted by atomic mass is 35.5. The van der Waals surface area contributed by atoms with Crippen LogP contribution in [0.15, 0.2) is 114 Å². The van der Waals surface area contributed by atoms with Gasteiger partial charge in [-0.1, -0.05) is 125 Å². The van der Waals surface area contributed by atoms with Crippen LogP contribution in [0.4, 0.5) is 10.5 Å². The monoisotopic (exact) mass is 759 g/mol. The number of alkyl carbamates (subject to hydrolysis) is 1. The molecule has 0 unspecified atom stereocenters. The van der Waals surface area contributed by atoms with Crippen LogP contribution in [-0.4, -0.2) is 57.2 Å². The fourth-order valence-electron chi connectivity index (χ4n) is 4.24. The number of halogens is 1. The summed E-state index contributed by atoms with van der Waals surface area (Å²) in [6, 6.07) is 36.5. The number of carbonyl (C=O) groups is 2. The van der Waals surface area contributed by atoms with Gasteiger partial charge in [-0.2, -0.15) is 0 Å². The van der Waals surface area contributed by atoms with Crippen LogP contribution in [0.25, 0.3) is 0 Å². The fourth-order valence-corrected chi connectivity index (χ4v) is 5.29. The lowest BCUT2D eigenvalue weighted by atomic mass is 10.1. The fraction of sp³-hybridized carbons (Fsp3) is 0.318. The number of amides is 2. The van der Waals surface area contributed by atoms with Crippen LogP contribution in [0.1, 0.15) is 51.3 Å². The van der Waals surface area contributed by atoms with Crippen molar-refractivity contribution >= 4 is 41.1 Å². The van der Waals surface area contributed by atoms with Crippen LogP contribution in [0.3, 0.4) is 0 Å². The number of anilines is 1. The lowest BCUT2D eigenvalue weighted by Crippen LogP contribution is -2.39. The number of carbonyl (C=O) groups excluding carboxylic acids is 2. The van der Waals surface area contributed by atoms with Gasteiger partial charge in [-0.25, -0.2) is 4.79 Å². The zero-order valence-electron chi connectivity index (χ0n) is 32.1. The molecule has 4 aromatic rings. The Labute approximate surface area is 329 Å². The Kier molecular flexibility index (Phi) is 33.9. The number of terminal acetylenes is 2. The number of nitrogens with one attached hydrogen (secondary N) is 3. The molecule has 0 aromatic heterocycles. The molecule has 7 nitrogen and oxygen atoms in total. The van der Waals surface area contributed by atoms with Crippen LogP contribution in [0.2, 0.25) is 5.02 Å². The van der Waals surface area contributed by atoms with Gasteiger partial charge in [-0.3, -0.25) is 4.79 Å². The van der Waals surface area contributed by atoms with Crippen LogP contribution in [0, 0.1) is 25.7 Å². The number of para-hydroxylation sites is 1. The molecule has 0 radical (unpaired) electrons. The Hall–Kier alpha value is -4.70. The molecule has 53 heavy (non-hydrogen) atoms. The maximum atomic E-state index is 11.5. The number of methoxy groups -OCH3 is 1. The third kappa shape index (κ3) is 25.0. The minimum absolute atomic E-state index is 0.106. The van der Waals surface area contributed by atoms with E-state index in [2.05, 4.69) is 107 Å². The van der Waals surface area contributed by atoms with E-state index in [-0.39, 0.29) is 12.5 Å². The first-order valence-electron chi connectivity index (χ1n) is 17.6. The number of aryl methyl sites for hydroxylation is 1. The average Bonchev–Trinajstić information content (AvgIpc) is 3.24. The van der Waals surface area contributed by atoms with E-state index in [0.717, 1.165) is 54.6 Å². The minimum Gasteiger partial charge on any atom is -0.453 e. The quantitative estimate of drug-likeness (QED) is 0.116. The van der Waals surface area contributed by atoms with Gasteiger partial charge in [-0.15, -0.1) is 37.5 Å². The molecule has 0 spiro atoms. The van der Waals surface area contributed by atoms with E-state index < -0.39 is 6.09 Å². The second kappa shape index (κ2) is 35.7. The van der Waals surface area contributed by atoms with Gasteiger partial charge >= 0.3 is 6.09 Å². The van der Waals surface area contributed by atoms with Crippen LogP contribution in [-0.2, 0) is 27.1 Å². The van der Waals surface area contributed by atoms with E-state index in [1.54, 1.807) is 0 Å². The Morgan fingerprint density at radius 3 is 1.85 bits per heavy atom. The van der Waals surface area contributed by atoms with Crippen molar-refractivity contribution in [2.24, 2.45) is 0 Å². The van der Waals surface area contributed by atoms with E-state index in [1.165, 1.54) is 23.1 Å². The van der Waals surface area contributed by atoms with Crippen LogP contribution in [0.5, 0.6) is 0 Å². The summed E-state index contributed by atoms with van der Waals surface area (Å²) in [5, 5.41) is 9.16. The summed E-state index contributed by atoms with van der Waals surface area (Å²) in [6.07, 6.45) is 17.6. The predicted octanol–water partition coefficient (Wildman–Crippen LogP) is 9.79. The number of ether oxygens (including phenoxy) is 2. The maximum absolute atomic E-state index is 11.5. The van der Waals surface area contributed by atoms with E-state index in [4.69, 9.17) is 16.3 Å². The maximum Gasteiger partial charge on any atom is 0.407 e. The Morgan fingerprint density at radius 2 is 1.36 bits per heavy atom. The number of hydrogen-bond acceptors (Lipinski definition) is 6. The van der Waals surface area contributed by atoms with Crippen molar-refractivity contribution < 1.29 is 19.1 Å². The first-order chi connectivity index (χ1) is 26.0. The number of morpholine rings is 1. The van der Waals surface area contributed by atoms with Crippen molar-refractivity contribution in [3.63, 3.8) is 0 Å². The zero-order chi connectivity index (χ0) is 40.1. The van der Waals surface area contributed by atoms with Crippen molar-refractivity contribution in [3.05, 3.63) is 131 Å². The molecular formula is C44H58ClN3O4S.